The summed E-state index contributed by atoms with van der Waals surface area (Å²) in [7, 11) is 0. The van der Waals surface area contributed by atoms with E-state index in [1.165, 1.54) is 0 Å². The first-order chi connectivity index (χ1) is 9.08. The number of rotatable bonds is 4. The number of carboxylic acid groups (broad SMARTS) is 1. The topological polar surface area (TPSA) is 57.5 Å². The first-order valence-electron chi connectivity index (χ1n) is 6.19. The van der Waals surface area contributed by atoms with Gasteiger partial charge in [0.2, 0.25) is 0 Å². The molecule has 0 saturated heterocycles. The Bertz CT molecular complexity index is 560. The Labute approximate surface area is 112 Å². The summed E-state index contributed by atoms with van der Waals surface area (Å²) in [5, 5.41) is 19.3. The molecule has 0 spiro atoms. The second kappa shape index (κ2) is 5.24. The minimum atomic E-state index is -1.81. The molecule has 0 saturated carbocycles. The second-order valence-corrected chi connectivity index (χ2v) is 4.46. The van der Waals surface area contributed by atoms with Crippen LogP contribution in [0.3, 0.4) is 0 Å². The minimum Gasteiger partial charge on any atom is -0.479 e. The smallest absolute Gasteiger partial charge is 0.340 e. The highest BCUT2D eigenvalue weighted by Gasteiger charge is 2.35. The molecule has 0 bridgehead atoms. The van der Waals surface area contributed by atoms with Crippen molar-refractivity contribution in [2.45, 2.75) is 18.9 Å². The Morgan fingerprint density at radius 3 is 2.00 bits per heavy atom. The number of carboxylic acids is 1. The number of hydrogen-bond donors (Lipinski definition) is 2. The van der Waals surface area contributed by atoms with E-state index in [9.17, 15) is 9.90 Å². The van der Waals surface area contributed by atoms with Gasteiger partial charge in [-0.1, -0.05) is 61.5 Å². The van der Waals surface area contributed by atoms with Crippen LogP contribution >= 0.6 is 0 Å². The molecule has 0 aromatic heterocycles. The SMILES string of the molecule is CC[C@](O)(C(=O)O)c1ccc(-c2ccccc2)cc1. The summed E-state index contributed by atoms with van der Waals surface area (Å²) in [5.41, 5.74) is 0.648. The van der Waals surface area contributed by atoms with E-state index in [0.29, 0.717) is 5.56 Å². The van der Waals surface area contributed by atoms with Crippen molar-refractivity contribution in [3.05, 3.63) is 60.2 Å². The first kappa shape index (κ1) is 13.3. The van der Waals surface area contributed by atoms with Gasteiger partial charge in [0.15, 0.2) is 5.60 Å². The van der Waals surface area contributed by atoms with E-state index in [1.807, 2.05) is 42.5 Å². The van der Waals surface area contributed by atoms with Crippen LogP contribution in [0, 0.1) is 0 Å². The Hall–Kier alpha value is -2.13. The molecule has 1 atom stereocenters. The Morgan fingerprint density at radius 1 is 1.00 bits per heavy atom. The summed E-state index contributed by atoms with van der Waals surface area (Å²) in [6, 6.07) is 16.8. The van der Waals surface area contributed by atoms with Gasteiger partial charge in [-0.2, -0.15) is 0 Å². The number of aliphatic hydroxyl groups is 1. The van der Waals surface area contributed by atoms with Gasteiger partial charge >= 0.3 is 5.97 Å². The Kier molecular flexibility index (Phi) is 3.67. The third-order valence-electron chi connectivity index (χ3n) is 3.34. The van der Waals surface area contributed by atoms with Gasteiger partial charge in [0.25, 0.3) is 0 Å². The summed E-state index contributed by atoms with van der Waals surface area (Å²) in [4.78, 5) is 11.2. The molecular formula is C16H16O3. The van der Waals surface area contributed by atoms with Gasteiger partial charge in [0.1, 0.15) is 0 Å². The molecular weight excluding hydrogens is 240 g/mol. The lowest BCUT2D eigenvalue weighted by atomic mass is 9.90. The maximum atomic E-state index is 11.2. The summed E-state index contributed by atoms with van der Waals surface area (Å²) < 4.78 is 0. The predicted octanol–water partition coefficient (Wildman–Crippen LogP) is 3.04. The average Bonchev–Trinajstić information content (AvgIpc) is 2.47. The van der Waals surface area contributed by atoms with Crippen molar-refractivity contribution in [2.75, 3.05) is 0 Å². The van der Waals surface area contributed by atoms with Crippen molar-refractivity contribution in [1.82, 2.24) is 0 Å². The van der Waals surface area contributed by atoms with Crippen molar-refractivity contribution >= 4 is 5.97 Å². The molecule has 0 aliphatic heterocycles. The maximum Gasteiger partial charge on any atom is 0.340 e. The normalized spacial score (nSPS) is 13.8. The molecule has 3 nitrogen and oxygen atoms in total. The Balaban J connectivity index is 2.36. The number of carbonyl (C=O) groups is 1. The molecule has 2 aromatic carbocycles. The van der Waals surface area contributed by atoms with Gasteiger partial charge in [-0.15, -0.1) is 0 Å². The molecule has 0 aliphatic carbocycles. The Morgan fingerprint density at radius 2 is 1.53 bits per heavy atom. The van der Waals surface area contributed by atoms with Gasteiger partial charge in [-0.05, 0) is 23.1 Å². The molecule has 0 radical (unpaired) electrons. The second-order valence-electron chi connectivity index (χ2n) is 4.46. The third-order valence-corrected chi connectivity index (χ3v) is 3.34. The predicted molar refractivity (Wildman–Crippen MR) is 73.7 cm³/mol. The number of hydrogen-bond acceptors (Lipinski definition) is 2. The minimum absolute atomic E-state index is 0.132. The number of benzene rings is 2. The van der Waals surface area contributed by atoms with Gasteiger partial charge < -0.3 is 10.2 Å². The van der Waals surface area contributed by atoms with Crippen LogP contribution in [-0.2, 0) is 10.4 Å². The molecule has 0 fully saturated rings. The quantitative estimate of drug-likeness (QED) is 0.884. The van der Waals surface area contributed by atoms with E-state index in [-0.39, 0.29) is 6.42 Å². The zero-order chi connectivity index (χ0) is 13.9. The molecule has 0 aliphatic rings. The molecule has 19 heavy (non-hydrogen) atoms. The zero-order valence-electron chi connectivity index (χ0n) is 10.7. The highest BCUT2D eigenvalue weighted by Crippen LogP contribution is 2.28. The van der Waals surface area contributed by atoms with Crippen molar-refractivity contribution in [2.24, 2.45) is 0 Å². The van der Waals surface area contributed by atoms with Crippen LogP contribution < -0.4 is 0 Å². The lowest BCUT2D eigenvalue weighted by Gasteiger charge is -2.22. The molecule has 2 aromatic rings. The van der Waals surface area contributed by atoms with E-state index in [0.717, 1.165) is 11.1 Å². The van der Waals surface area contributed by atoms with Gasteiger partial charge in [0, 0.05) is 0 Å². The van der Waals surface area contributed by atoms with E-state index >= 15 is 0 Å². The van der Waals surface area contributed by atoms with Crippen molar-refractivity contribution in [3.63, 3.8) is 0 Å². The lowest BCUT2D eigenvalue weighted by molar-refractivity contribution is -0.160. The number of aliphatic carboxylic acids is 1. The monoisotopic (exact) mass is 256 g/mol. The van der Waals surface area contributed by atoms with Crippen LogP contribution in [0.5, 0.6) is 0 Å². The first-order valence-corrected chi connectivity index (χ1v) is 6.19. The molecule has 0 unspecified atom stereocenters. The van der Waals surface area contributed by atoms with Gasteiger partial charge in [-0.3, -0.25) is 0 Å². The standard InChI is InChI=1S/C16H16O3/c1-2-16(19,15(17)18)14-10-8-13(9-11-14)12-6-4-3-5-7-12/h3-11,19H,2H2,1H3,(H,17,18)/t16-/m1/s1. The highest BCUT2D eigenvalue weighted by molar-refractivity contribution is 5.79. The molecule has 98 valence electrons. The van der Waals surface area contributed by atoms with Crippen LogP contribution in [0.25, 0.3) is 11.1 Å². The summed E-state index contributed by atoms with van der Waals surface area (Å²) in [6.45, 7) is 1.65. The summed E-state index contributed by atoms with van der Waals surface area (Å²) >= 11 is 0. The molecule has 3 heteroatoms. The van der Waals surface area contributed by atoms with Crippen molar-refractivity contribution in [3.8, 4) is 11.1 Å². The third kappa shape index (κ3) is 2.51. The van der Waals surface area contributed by atoms with Gasteiger partial charge in [-0.25, -0.2) is 4.79 Å². The average molecular weight is 256 g/mol. The highest BCUT2D eigenvalue weighted by atomic mass is 16.4. The van der Waals surface area contributed by atoms with E-state index in [1.54, 1.807) is 19.1 Å². The van der Waals surface area contributed by atoms with Crippen molar-refractivity contribution in [1.29, 1.82) is 0 Å². The summed E-state index contributed by atoms with van der Waals surface area (Å²) in [6.07, 6.45) is 0.132. The van der Waals surface area contributed by atoms with E-state index in [4.69, 9.17) is 5.11 Å². The van der Waals surface area contributed by atoms with E-state index < -0.39 is 11.6 Å². The molecule has 2 rings (SSSR count). The molecule has 0 heterocycles. The fourth-order valence-electron chi connectivity index (χ4n) is 2.05. The largest absolute Gasteiger partial charge is 0.479 e. The van der Waals surface area contributed by atoms with Gasteiger partial charge in [0.05, 0.1) is 0 Å². The van der Waals surface area contributed by atoms with E-state index in [2.05, 4.69) is 0 Å². The fraction of sp³-hybridized carbons (Fsp3) is 0.188. The molecule has 2 N–H and O–H groups in total. The molecule has 0 amide bonds. The maximum absolute atomic E-state index is 11.2. The van der Waals surface area contributed by atoms with Crippen LogP contribution in [0.2, 0.25) is 0 Å². The zero-order valence-corrected chi connectivity index (χ0v) is 10.7. The fourth-order valence-corrected chi connectivity index (χ4v) is 2.05. The van der Waals surface area contributed by atoms with Crippen LogP contribution in [0.1, 0.15) is 18.9 Å². The lowest BCUT2D eigenvalue weighted by Crippen LogP contribution is -2.34. The van der Waals surface area contributed by atoms with Crippen molar-refractivity contribution < 1.29 is 15.0 Å². The van der Waals surface area contributed by atoms with Crippen LogP contribution in [-0.4, -0.2) is 16.2 Å². The van der Waals surface area contributed by atoms with Crippen LogP contribution in [0.15, 0.2) is 54.6 Å². The van der Waals surface area contributed by atoms with Crippen LogP contribution in [0.4, 0.5) is 0 Å². The summed E-state index contributed by atoms with van der Waals surface area (Å²) in [5.74, 6) is -1.22.